The Bertz CT molecular complexity index is 387. The lowest BCUT2D eigenvalue weighted by Crippen LogP contribution is -2.21. The number of hydrogen-bond acceptors (Lipinski definition) is 4. The average molecular weight is 238 g/mol. The van der Waals surface area contributed by atoms with Gasteiger partial charge < -0.3 is 14.2 Å². The van der Waals surface area contributed by atoms with Crippen LogP contribution in [0.15, 0.2) is 18.2 Å². The van der Waals surface area contributed by atoms with Gasteiger partial charge in [-0.3, -0.25) is 4.79 Å². The van der Waals surface area contributed by atoms with Crippen molar-refractivity contribution in [2.45, 2.75) is 20.0 Å². The maximum absolute atomic E-state index is 12.1. The second-order valence-electron chi connectivity index (χ2n) is 3.53. The number of hydrogen-bond donors (Lipinski definition) is 0. The minimum absolute atomic E-state index is 0.0913. The van der Waals surface area contributed by atoms with Gasteiger partial charge in [0.1, 0.15) is 17.6 Å². The zero-order valence-corrected chi connectivity index (χ0v) is 10.6. The fourth-order valence-corrected chi connectivity index (χ4v) is 1.55. The standard InChI is InChI=1S/C13H18O4/c1-5-17-9(2)13(14)11-7-6-10(15-3)8-12(11)16-4/h6-9H,5H2,1-4H3. The first-order valence-corrected chi connectivity index (χ1v) is 5.51. The predicted molar refractivity (Wildman–Crippen MR) is 65.0 cm³/mol. The van der Waals surface area contributed by atoms with Gasteiger partial charge in [-0.2, -0.15) is 0 Å². The van der Waals surface area contributed by atoms with E-state index in [1.54, 1.807) is 32.2 Å². The number of benzene rings is 1. The van der Waals surface area contributed by atoms with Gasteiger partial charge in [-0.25, -0.2) is 0 Å². The van der Waals surface area contributed by atoms with E-state index in [1.807, 2.05) is 6.92 Å². The molecule has 0 bridgehead atoms. The van der Waals surface area contributed by atoms with E-state index in [9.17, 15) is 4.79 Å². The maximum Gasteiger partial charge on any atom is 0.194 e. The van der Waals surface area contributed by atoms with Gasteiger partial charge >= 0.3 is 0 Å². The molecule has 1 aromatic rings. The van der Waals surface area contributed by atoms with E-state index in [4.69, 9.17) is 14.2 Å². The average Bonchev–Trinajstić information content (AvgIpc) is 2.37. The Hall–Kier alpha value is -1.55. The Morgan fingerprint density at radius 2 is 2.00 bits per heavy atom. The molecule has 1 atom stereocenters. The molecule has 1 aromatic carbocycles. The molecular formula is C13H18O4. The van der Waals surface area contributed by atoms with Crippen LogP contribution in [0, 0.1) is 0 Å². The number of methoxy groups -OCH3 is 2. The molecule has 0 aliphatic heterocycles. The molecule has 0 spiro atoms. The van der Waals surface area contributed by atoms with Crippen LogP contribution < -0.4 is 9.47 Å². The monoisotopic (exact) mass is 238 g/mol. The molecule has 4 heteroatoms. The normalized spacial score (nSPS) is 12.0. The van der Waals surface area contributed by atoms with Crippen molar-refractivity contribution in [3.8, 4) is 11.5 Å². The summed E-state index contributed by atoms with van der Waals surface area (Å²) >= 11 is 0. The summed E-state index contributed by atoms with van der Waals surface area (Å²) in [6, 6.07) is 5.11. The van der Waals surface area contributed by atoms with Crippen LogP contribution in [0.1, 0.15) is 24.2 Å². The van der Waals surface area contributed by atoms with E-state index >= 15 is 0 Å². The molecule has 4 nitrogen and oxygen atoms in total. The lowest BCUT2D eigenvalue weighted by atomic mass is 10.1. The van der Waals surface area contributed by atoms with Gasteiger partial charge in [0.15, 0.2) is 5.78 Å². The molecule has 1 rings (SSSR count). The van der Waals surface area contributed by atoms with Crippen molar-refractivity contribution in [1.29, 1.82) is 0 Å². The summed E-state index contributed by atoms with van der Waals surface area (Å²) in [6.45, 7) is 4.09. The summed E-state index contributed by atoms with van der Waals surface area (Å²) in [5.41, 5.74) is 0.509. The van der Waals surface area contributed by atoms with E-state index in [0.717, 1.165) is 0 Å². The van der Waals surface area contributed by atoms with Crippen LogP contribution in [0.5, 0.6) is 11.5 Å². The highest BCUT2D eigenvalue weighted by Gasteiger charge is 2.19. The summed E-state index contributed by atoms with van der Waals surface area (Å²) in [7, 11) is 3.09. The highest BCUT2D eigenvalue weighted by molar-refractivity contribution is 6.01. The highest BCUT2D eigenvalue weighted by atomic mass is 16.5. The van der Waals surface area contributed by atoms with Gasteiger partial charge in [0.05, 0.1) is 19.8 Å². The first kappa shape index (κ1) is 13.5. The molecule has 0 saturated carbocycles. The third-order valence-electron chi connectivity index (χ3n) is 2.46. The fourth-order valence-electron chi connectivity index (χ4n) is 1.55. The minimum atomic E-state index is -0.470. The Morgan fingerprint density at radius 3 is 2.53 bits per heavy atom. The molecule has 0 saturated heterocycles. The molecule has 0 aromatic heterocycles. The van der Waals surface area contributed by atoms with Gasteiger partial charge in [0.2, 0.25) is 0 Å². The van der Waals surface area contributed by atoms with Crippen LogP contribution in [0.3, 0.4) is 0 Å². The number of carbonyl (C=O) groups excluding carboxylic acids is 1. The predicted octanol–water partition coefficient (Wildman–Crippen LogP) is 2.31. The first-order chi connectivity index (χ1) is 8.13. The van der Waals surface area contributed by atoms with Gasteiger partial charge in [-0.1, -0.05) is 0 Å². The van der Waals surface area contributed by atoms with Crippen molar-refractivity contribution in [1.82, 2.24) is 0 Å². The third kappa shape index (κ3) is 3.20. The van der Waals surface area contributed by atoms with Crippen LogP contribution in [-0.4, -0.2) is 32.7 Å². The maximum atomic E-state index is 12.1. The molecule has 0 N–H and O–H groups in total. The number of Topliss-reactive ketones (excluding diaryl/α,β-unsaturated/α-hetero) is 1. The summed E-state index contributed by atoms with van der Waals surface area (Å²) in [4.78, 5) is 12.1. The molecule has 0 aliphatic rings. The minimum Gasteiger partial charge on any atom is -0.497 e. The number of ether oxygens (including phenoxy) is 3. The molecule has 0 amide bonds. The van der Waals surface area contributed by atoms with Crippen LogP contribution in [0.25, 0.3) is 0 Å². The van der Waals surface area contributed by atoms with E-state index in [-0.39, 0.29) is 5.78 Å². The molecule has 0 heterocycles. The summed E-state index contributed by atoms with van der Waals surface area (Å²) in [5.74, 6) is 1.06. The first-order valence-electron chi connectivity index (χ1n) is 5.51. The van der Waals surface area contributed by atoms with Crippen LogP contribution in [0.2, 0.25) is 0 Å². The zero-order chi connectivity index (χ0) is 12.8. The zero-order valence-electron chi connectivity index (χ0n) is 10.6. The van der Waals surface area contributed by atoms with Gasteiger partial charge in [-0.15, -0.1) is 0 Å². The van der Waals surface area contributed by atoms with Crippen LogP contribution in [0.4, 0.5) is 0 Å². The smallest absolute Gasteiger partial charge is 0.194 e. The van der Waals surface area contributed by atoms with Gasteiger partial charge in [-0.05, 0) is 26.0 Å². The fraction of sp³-hybridized carbons (Fsp3) is 0.462. The summed E-state index contributed by atoms with van der Waals surface area (Å²) in [5, 5.41) is 0. The van der Waals surface area contributed by atoms with E-state index in [0.29, 0.717) is 23.7 Å². The lowest BCUT2D eigenvalue weighted by Gasteiger charge is -2.13. The molecule has 0 fully saturated rings. The van der Waals surface area contributed by atoms with Crippen molar-refractivity contribution in [2.75, 3.05) is 20.8 Å². The highest BCUT2D eigenvalue weighted by Crippen LogP contribution is 2.26. The Kier molecular flexibility index (Phi) is 4.97. The van der Waals surface area contributed by atoms with Crippen molar-refractivity contribution in [3.05, 3.63) is 23.8 Å². The summed E-state index contributed by atoms with van der Waals surface area (Å²) in [6.07, 6.45) is -0.470. The molecule has 94 valence electrons. The van der Waals surface area contributed by atoms with Gasteiger partial charge in [0, 0.05) is 12.7 Å². The molecule has 0 radical (unpaired) electrons. The largest absolute Gasteiger partial charge is 0.497 e. The van der Waals surface area contributed by atoms with Crippen LogP contribution in [-0.2, 0) is 4.74 Å². The number of carbonyl (C=O) groups is 1. The number of ketones is 1. The second kappa shape index (κ2) is 6.25. The van der Waals surface area contributed by atoms with E-state index in [2.05, 4.69) is 0 Å². The number of rotatable bonds is 6. The van der Waals surface area contributed by atoms with Crippen molar-refractivity contribution in [2.24, 2.45) is 0 Å². The molecule has 0 aliphatic carbocycles. The van der Waals surface area contributed by atoms with Gasteiger partial charge in [0.25, 0.3) is 0 Å². The van der Waals surface area contributed by atoms with Crippen molar-refractivity contribution in [3.63, 3.8) is 0 Å². The van der Waals surface area contributed by atoms with E-state index < -0.39 is 6.10 Å². The van der Waals surface area contributed by atoms with Crippen LogP contribution >= 0.6 is 0 Å². The topological polar surface area (TPSA) is 44.8 Å². The third-order valence-corrected chi connectivity index (χ3v) is 2.46. The Labute approximate surface area is 101 Å². The Morgan fingerprint density at radius 1 is 1.29 bits per heavy atom. The second-order valence-corrected chi connectivity index (χ2v) is 3.53. The molecular weight excluding hydrogens is 220 g/mol. The van der Waals surface area contributed by atoms with Crippen molar-refractivity contribution >= 4 is 5.78 Å². The molecule has 1 unspecified atom stereocenters. The van der Waals surface area contributed by atoms with Crippen molar-refractivity contribution < 1.29 is 19.0 Å². The quantitative estimate of drug-likeness (QED) is 0.713. The van der Waals surface area contributed by atoms with E-state index in [1.165, 1.54) is 7.11 Å². The molecule has 17 heavy (non-hydrogen) atoms. The summed E-state index contributed by atoms with van der Waals surface area (Å²) < 4.78 is 15.5. The lowest BCUT2D eigenvalue weighted by molar-refractivity contribution is 0.0518. The Balaban J connectivity index is 3.00. The SMILES string of the molecule is CCOC(C)C(=O)c1ccc(OC)cc1OC.